The summed E-state index contributed by atoms with van der Waals surface area (Å²) in [4.78, 5) is 22.4. The van der Waals surface area contributed by atoms with Crippen LogP contribution in [0.15, 0.2) is 30.8 Å². The molecule has 5 nitrogen and oxygen atoms in total. The van der Waals surface area contributed by atoms with Gasteiger partial charge in [0.2, 0.25) is 0 Å². The molecule has 0 amide bonds. The molecule has 1 fully saturated rings. The average Bonchev–Trinajstić information content (AvgIpc) is 3.34. The number of esters is 2. The summed E-state index contributed by atoms with van der Waals surface area (Å²) in [6, 6.07) is 7.51. The number of fused-ring (bicyclic) bond motifs is 2. The van der Waals surface area contributed by atoms with Crippen LogP contribution in [0.1, 0.15) is 60.2 Å². The number of ether oxygens (including phenoxy) is 3. The lowest BCUT2D eigenvalue weighted by Gasteiger charge is -2.05. The van der Waals surface area contributed by atoms with Gasteiger partial charge in [-0.05, 0) is 48.2 Å². The van der Waals surface area contributed by atoms with E-state index in [0.717, 1.165) is 34.4 Å². The van der Waals surface area contributed by atoms with Crippen LogP contribution < -0.4 is 0 Å². The zero-order valence-corrected chi connectivity index (χ0v) is 15.3. The molecular formula is C22H20O5. The lowest BCUT2D eigenvalue weighted by atomic mass is 9.97. The van der Waals surface area contributed by atoms with Gasteiger partial charge >= 0.3 is 11.9 Å². The fourth-order valence-corrected chi connectivity index (χ4v) is 3.53. The summed E-state index contributed by atoms with van der Waals surface area (Å²) in [6.07, 6.45) is 2.04. The van der Waals surface area contributed by atoms with Crippen LogP contribution in [0.2, 0.25) is 0 Å². The Balaban J connectivity index is 0.000000134. The molecule has 138 valence electrons. The third-order valence-corrected chi connectivity index (χ3v) is 5.32. The maximum atomic E-state index is 11.3. The third-order valence-electron chi connectivity index (χ3n) is 5.32. The number of carbonyl (C=O) groups is 2. The molecule has 0 bridgehead atoms. The van der Waals surface area contributed by atoms with E-state index in [9.17, 15) is 9.59 Å². The van der Waals surface area contributed by atoms with Crippen LogP contribution in [-0.4, -0.2) is 18.5 Å². The quantitative estimate of drug-likeness (QED) is 0.594. The molecule has 0 radical (unpaired) electrons. The van der Waals surface area contributed by atoms with E-state index in [-0.39, 0.29) is 18.0 Å². The summed E-state index contributed by atoms with van der Waals surface area (Å²) in [5.74, 6) is -0.417. The van der Waals surface area contributed by atoms with Crippen LogP contribution in [0, 0.1) is 13.8 Å². The maximum absolute atomic E-state index is 11.3. The van der Waals surface area contributed by atoms with E-state index in [1.165, 1.54) is 5.56 Å². The second-order valence-corrected chi connectivity index (χ2v) is 6.79. The minimum atomic E-state index is -0.214. The second kappa shape index (κ2) is 6.67. The smallest absolute Gasteiger partial charge is 0.338 e. The summed E-state index contributed by atoms with van der Waals surface area (Å²) >= 11 is 0. The van der Waals surface area contributed by atoms with Gasteiger partial charge in [-0.15, -0.1) is 0 Å². The predicted octanol–water partition coefficient (Wildman–Crippen LogP) is 4.05. The van der Waals surface area contributed by atoms with Crippen molar-refractivity contribution in [3.63, 3.8) is 0 Å². The zero-order chi connectivity index (χ0) is 19.1. The SMILES string of the molecule is C=Cc1ccc2c(c1C)COC2=O.Cc1c(C2CO2)ccc2c1COC2=O. The van der Waals surface area contributed by atoms with Gasteiger partial charge < -0.3 is 14.2 Å². The first kappa shape index (κ1) is 17.5. The average molecular weight is 364 g/mol. The van der Waals surface area contributed by atoms with Crippen molar-refractivity contribution in [1.29, 1.82) is 0 Å². The van der Waals surface area contributed by atoms with Gasteiger partial charge in [-0.1, -0.05) is 24.8 Å². The van der Waals surface area contributed by atoms with E-state index in [1.54, 1.807) is 12.1 Å². The minimum absolute atomic E-state index is 0.202. The minimum Gasteiger partial charge on any atom is -0.457 e. The van der Waals surface area contributed by atoms with Crippen molar-refractivity contribution in [3.05, 3.63) is 75.4 Å². The number of epoxide rings is 1. The Kier molecular flexibility index (Phi) is 4.32. The van der Waals surface area contributed by atoms with Crippen molar-refractivity contribution in [2.75, 3.05) is 6.61 Å². The summed E-state index contributed by atoms with van der Waals surface area (Å²) in [6.45, 7) is 9.34. The molecule has 5 heteroatoms. The van der Waals surface area contributed by atoms with Gasteiger partial charge in [0.05, 0.1) is 17.7 Å². The Morgan fingerprint density at radius 3 is 2.04 bits per heavy atom. The molecule has 0 N–H and O–H groups in total. The second-order valence-electron chi connectivity index (χ2n) is 6.79. The lowest BCUT2D eigenvalue weighted by Crippen LogP contribution is -1.96. The largest absolute Gasteiger partial charge is 0.457 e. The molecule has 0 saturated carbocycles. The monoisotopic (exact) mass is 364 g/mol. The van der Waals surface area contributed by atoms with E-state index in [4.69, 9.17) is 14.2 Å². The van der Waals surface area contributed by atoms with Gasteiger partial charge in [0.1, 0.15) is 19.3 Å². The van der Waals surface area contributed by atoms with Gasteiger partial charge in [0.15, 0.2) is 0 Å². The van der Waals surface area contributed by atoms with Crippen LogP contribution in [-0.2, 0) is 27.4 Å². The van der Waals surface area contributed by atoms with Crippen molar-refractivity contribution < 1.29 is 23.8 Å². The highest BCUT2D eigenvalue weighted by atomic mass is 16.6. The lowest BCUT2D eigenvalue weighted by molar-refractivity contribution is 0.0526. The summed E-state index contributed by atoms with van der Waals surface area (Å²) in [7, 11) is 0. The predicted molar refractivity (Wildman–Crippen MR) is 99.4 cm³/mol. The van der Waals surface area contributed by atoms with Gasteiger partial charge in [-0.2, -0.15) is 0 Å². The van der Waals surface area contributed by atoms with Crippen molar-refractivity contribution in [3.8, 4) is 0 Å². The van der Waals surface area contributed by atoms with Crippen LogP contribution in [0.25, 0.3) is 6.08 Å². The number of rotatable bonds is 2. The number of benzene rings is 2. The van der Waals surface area contributed by atoms with Gasteiger partial charge in [-0.25, -0.2) is 9.59 Å². The van der Waals surface area contributed by atoms with Crippen LogP contribution in [0.5, 0.6) is 0 Å². The number of carbonyl (C=O) groups excluding carboxylic acids is 2. The third kappa shape index (κ3) is 3.04. The highest BCUT2D eigenvalue weighted by molar-refractivity contribution is 5.94. The Labute approximate surface area is 157 Å². The van der Waals surface area contributed by atoms with Crippen molar-refractivity contribution >= 4 is 18.0 Å². The van der Waals surface area contributed by atoms with Crippen LogP contribution in [0.4, 0.5) is 0 Å². The van der Waals surface area contributed by atoms with Crippen molar-refractivity contribution in [2.45, 2.75) is 33.2 Å². The highest BCUT2D eigenvalue weighted by Crippen LogP contribution is 2.36. The van der Waals surface area contributed by atoms with Crippen LogP contribution >= 0.6 is 0 Å². The molecule has 2 aromatic rings. The highest BCUT2D eigenvalue weighted by Gasteiger charge is 2.31. The van der Waals surface area contributed by atoms with Gasteiger partial charge in [-0.3, -0.25) is 0 Å². The molecule has 0 spiro atoms. The molecule has 27 heavy (non-hydrogen) atoms. The molecule has 0 aliphatic carbocycles. The van der Waals surface area contributed by atoms with Crippen molar-refractivity contribution in [1.82, 2.24) is 0 Å². The molecule has 3 heterocycles. The first-order valence-corrected chi connectivity index (χ1v) is 8.84. The van der Waals surface area contributed by atoms with E-state index in [0.29, 0.717) is 24.3 Å². The fourth-order valence-electron chi connectivity index (χ4n) is 3.53. The Hall–Kier alpha value is -2.92. The summed E-state index contributed by atoms with van der Waals surface area (Å²) in [5.41, 5.74) is 7.95. The Morgan fingerprint density at radius 1 is 0.926 bits per heavy atom. The molecular weight excluding hydrogens is 344 g/mol. The first-order chi connectivity index (χ1) is 13.0. The zero-order valence-electron chi connectivity index (χ0n) is 15.3. The molecule has 5 rings (SSSR count). The van der Waals surface area contributed by atoms with E-state index >= 15 is 0 Å². The van der Waals surface area contributed by atoms with Crippen molar-refractivity contribution in [2.24, 2.45) is 0 Å². The molecule has 0 aromatic heterocycles. The topological polar surface area (TPSA) is 65.1 Å². The maximum Gasteiger partial charge on any atom is 0.338 e. The molecule has 2 aromatic carbocycles. The molecule has 1 atom stereocenters. The fraction of sp³-hybridized carbons (Fsp3) is 0.273. The van der Waals surface area contributed by atoms with Crippen LogP contribution in [0.3, 0.4) is 0 Å². The van der Waals surface area contributed by atoms with E-state index in [1.807, 2.05) is 32.0 Å². The first-order valence-electron chi connectivity index (χ1n) is 8.84. The summed E-state index contributed by atoms with van der Waals surface area (Å²) in [5, 5.41) is 0. The molecule has 1 unspecified atom stereocenters. The summed E-state index contributed by atoms with van der Waals surface area (Å²) < 4.78 is 15.1. The molecule has 1 saturated heterocycles. The van der Waals surface area contributed by atoms with Gasteiger partial charge in [0.25, 0.3) is 0 Å². The molecule has 3 aliphatic rings. The number of cyclic esters (lactones) is 2. The Morgan fingerprint density at radius 2 is 1.48 bits per heavy atom. The standard InChI is InChI=1S/C11H10O3.C11H10O2/c1-6-7(10-5-13-10)2-3-8-9(6)4-14-11(8)12;1-3-8-4-5-9-10(7(8)2)6-13-11(9)12/h2-3,10H,4-5H2,1H3;3-5H,1,6H2,2H3. The van der Waals surface area contributed by atoms with Gasteiger partial charge in [0, 0.05) is 11.1 Å². The van der Waals surface area contributed by atoms with E-state index < -0.39 is 0 Å². The number of hydrogen-bond acceptors (Lipinski definition) is 5. The van der Waals surface area contributed by atoms with E-state index in [2.05, 4.69) is 6.58 Å². The number of hydrogen-bond donors (Lipinski definition) is 0. The normalized spacial score (nSPS) is 18.7. The molecule has 3 aliphatic heterocycles. The Bertz CT molecular complexity index is 969.